The maximum absolute atomic E-state index is 11.5. The van der Waals surface area contributed by atoms with E-state index in [1.165, 1.54) is 11.1 Å². The van der Waals surface area contributed by atoms with Crippen molar-refractivity contribution in [2.24, 2.45) is 0 Å². The molecule has 0 saturated heterocycles. The molecule has 3 rings (SSSR count). The van der Waals surface area contributed by atoms with Gasteiger partial charge in [-0.2, -0.15) is 4.80 Å². The van der Waals surface area contributed by atoms with Crippen molar-refractivity contribution in [2.75, 3.05) is 6.26 Å². The van der Waals surface area contributed by atoms with Crippen molar-refractivity contribution in [2.45, 2.75) is 18.4 Å². The third-order valence-electron chi connectivity index (χ3n) is 3.51. The number of benzene rings is 2. The molecule has 0 N–H and O–H groups in total. The first kappa shape index (κ1) is 15.4. The molecule has 0 aliphatic heterocycles. The zero-order chi connectivity index (χ0) is 16.4. The fraction of sp³-hybridized carbons (Fsp3) is 0.188. The van der Waals surface area contributed by atoms with Crippen molar-refractivity contribution >= 4 is 9.84 Å². The second kappa shape index (κ2) is 5.92. The summed E-state index contributed by atoms with van der Waals surface area (Å²) in [4.78, 5) is 1.80. The summed E-state index contributed by atoms with van der Waals surface area (Å²) in [5.74, 6) is 0.579. The summed E-state index contributed by atoms with van der Waals surface area (Å²) in [7, 11) is -3.18. The lowest BCUT2D eigenvalue weighted by molar-refractivity contribution is 0.572. The van der Waals surface area contributed by atoms with Crippen molar-refractivity contribution < 1.29 is 8.42 Å². The minimum absolute atomic E-state index is 0.299. The summed E-state index contributed by atoms with van der Waals surface area (Å²) in [5, 5.41) is 12.5. The van der Waals surface area contributed by atoms with E-state index in [1.54, 1.807) is 24.3 Å². The lowest BCUT2D eigenvalue weighted by Gasteiger charge is -2.02. The Balaban J connectivity index is 1.81. The number of sulfone groups is 1. The first-order valence-electron chi connectivity index (χ1n) is 7.06. The molecule has 0 spiro atoms. The van der Waals surface area contributed by atoms with Crippen LogP contribution < -0.4 is 0 Å². The van der Waals surface area contributed by atoms with E-state index >= 15 is 0 Å². The molecule has 1 heterocycles. The third kappa shape index (κ3) is 3.45. The average molecular weight is 328 g/mol. The number of hydrogen-bond acceptors (Lipinski definition) is 5. The minimum atomic E-state index is -3.18. The molecule has 23 heavy (non-hydrogen) atoms. The van der Waals surface area contributed by atoms with Crippen molar-refractivity contribution in [1.82, 2.24) is 20.2 Å². The van der Waals surface area contributed by atoms with E-state index in [1.807, 2.05) is 31.2 Å². The van der Waals surface area contributed by atoms with Gasteiger partial charge in [0.15, 0.2) is 9.84 Å². The average Bonchev–Trinajstić information content (AvgIpc) is 2.95. The predicted octanol–water partition coefficient (Wildman–Crippen LogP) is 2.10. The Morgan fingerprint density at radius 2 is 1.74 bits per heavy atom. The van der Waals surface area contributed by atoms with Crippen LogP contribution in [0.2, 0.25) is 0 Å². The predicted molar refractivity (Wildman–Crippen MR) is 86.6 cm³/mol. The van der Waals surface area contributed by atoms with Crippen molar-refractivity contribution in [3.05, 3.63) is 59.7 Å². The number of tetrazole rings is 1. The molecular formula is C16H16N4O2S. The first-order valence-corrected chi connectivity index (χ1v) is 8.95. The highest BCUT2D eigenvalue weighted by molar-refractivity contribution is 7.90. The normalized spacial score (nSPS) is 11.6. The highest BCUT2D eigenvalue weighted by Gasteiger charge is 2.09. The smallest absolute Gasteiger partial charge is 0.205 e. The van der Waals surface area contributed by atoms with Gasteiger partial charge < -0.3 is 0 Å². The standard InChI is InChI=1S/C16H16N4O2S/c1-12-5-3-4-6-15(12)16-17-19-20(18-16)11-13-7-9-14(10-8-13)23(2,21)22/h3-10H,11H2,1-2H3. The molecule has 0 fully saturated rings. The number of aryl methyl sites for hydroxylation is 1. The summed E-state index contributed by atoms with van der Waals surface area (Å²) in [5.41, 5.74) is 2.95. The molecule has 6 nitrogen and oxygen atoms in total. The van der Waals surface area contributed by atoms with Gasteiger partial charge >= 0.3 is 0 Å². The number of rotatable bonds is 4. The molecule has 0 saturated carbocycles. The van der Waals surface area contributed by atoms with Crippen LogP contribution in [0, 0.1) is 6.92 Å². The Bertz CT molecular complexity index is 931. The highest BCUT2D eigenvalue weighted by Crippen LogP contribution is 2.18. The van der Waals surface area contributed by atoms with Crippen molar-refractivity contribution in [3.63, 3.8) is 0 Å². The third-order valence-corrected chi connectivity index (χ3v) is 4.64. The van der Waals surface area contributed by atoms with Crippen LogP contribution in [0.3, 0.4) is 0 Å². The maximum Gasteiger partial charge on any atom is 0.205 e. The fourth-order valence-electron chi connectivity index (χ4n) is 2.25. The van der Waals surface area contributed by atoms with E-state index in [-0.39, 0.29) is 0 Å². The zero-order valence-corrected chi connectivity index (χ0v) is 13.7. The first-order chi connectivity index (χ1) is 10.9. The topological polar surface area (TPSA) is 77.7 Å². The molecule has 0 aliphatic carbocycles. The van der Waals surface area contributed by atoms with Crippen LogP contribution in [-0.2, 0) is 16.4 Å². The van der Waals surface area contributed by atoms with Crippen LogP contribution in [0.15, 0.2) is 53.4 Å². The molecular weight excluding hydrogens is 312 g/mol. The lowest BCUT2D eigenvalue weighted by Crippen LogP contribution is -2.04. The molecule has 3 aromatic rings. The quantitative estimate of drug-likeness (QED) is 0.733. The van der Waals surface area contributed by atoms with Gasteiger partial charge in [-0.3, -0.25) is 0 Å². The largest absolute Gasteiger partial charge is 0.224 e. The van der Waals surface area contributed by atoms with E-state index in [9.17, 15) is 8.42 Å². The maximum atomic E-state index is 11.5. The summed E-state index contributed by atoms with van der Waals surface area (Å²) in [6, 6.07) is 14.5. The highest BCUT2D eigenvalue weighted by atomic mass is 32.2. The van der Waals surface area contributed by atoms with Crippen molar-refractivity contribution in [3.8, 4) is 11.4 Å². The van der Waals surface area contributed by atoms with Gasteiger partial charge in [0.1, 0.15) is 0 Å². The van der Waals surface area contributed by atoms with Gasteiger partial charge in [0.05, 0.1) is 11.4 Å². The molecule has 0 bridgehead atoms. The zero-order valence-electron chi connectivity index (χ0n) is 12.8. The van der Waals surface area contributed by atoms with E-state index in [0.29, 0.717) is 17.3 Å². The van der Waals surface area contributed by atoms with Gasteiger partial charge in [-0.05, 0) is 35.4 Å². The van der Waals surface area contributed by atoms with Gasteiger partial charge in [-0.25, -0.2) is 8.42 Å². The van der Waals surface area contributed by atoms with Gasteiger partial charge in [0.2, 0.25) is 5.82 Å². The van der Waals surface area contributed by atoms with Crippen LogP contribution in [0.4, 0.5) is 0 Å². The Morgan fingerprint density at radius 3 is 2.39 bits per heavy atom. The molecule has 7 heteroatoms. The number of hydrogen-bond donors (Lipinski definition) is 0. The molecule has 0 unspecified atom stereocenters. The Hall–Kier alpha value is -2.54. The Morgan fingerprint density at radius 1 is 1.04 bits per heavy atom. The minimum Gasteiger partial charge on any atom is -0.224 e. The van der Waals surface area contributed by atoms with Gasteiger partial charge in [-0.1, -0.05) is 36.4 Å². The van der Waals surface area contributed by atoms with E-state index in [0.717, 1.165) is 16.7 Å². The molecule has 118 valence electrons. The Kier molecular flexibility index (Phi) is 3.96. The van der Waals surface area contributed by atoms with Crippen molar-refractivity contribution in [1.29, 1.82) is 0 Å². The number of aromatic nitrogens is 4. The summed E-state index contributed by atoms with van der Waals surface area (Å²) in [6.45, 7) is 2.43. The fourth-order valence-corrected chi connectivity index (χ4v) is 2.88. The Labute approximate surface area is 134 Å². The van der Waals surface area contributed by atoms with Gasteiger partial charge in [0.25, 0.3) is 0 Å². The SMILES string of the molecule is Cc1ccccc1-c1nnn(Cc2ccc(S(C)(=O)=O)cc2)n1. The summed E-state index contributed by atoms with van der Waals surface area (Å²) in [6.07, 6.45) is 1.19. The molecule has 0 amide bonds. The van der Waals surface area contributed by atoms with E-state index in [4.69, 9.17) is 0 Å². The van der Waals surface area contributed by atoms with Crippen LogP contribution in [0.25, 0.3) is 11.4 Å². The second-order valence-corrected chi connectivity index (χ2v) is 7.39. The lowest BCUT2D eigenvalue weighted by atomic mass is 10.1. The molecule has 0 radical (unpaired) electrons. The summed E-state index contributed by atoms with van der Waals surface area (Å²) >= 11 is 0. The van der Waals surface area contributed by atoms with Gasteiger partial charge in [0, 0.05) is 11.8 Å². The molecule has 2 aromatic carbocycles. The van der Waals surface area contributed by atoms with E-state index in [2.05, 4.69) is 15.4 Å². The van der Waals surface area contributed by atoms with Crippen LogP contribution in [0.5, 0.6) is 0 Å². The molecule has 0 atom stereocenters. The monoisotopic (exact) mass is 328 g/mol. The molecule has 1 aromatic heterocycles. The summed E-state index contributed by atoms with van der Waals surface area (Å²) < 4.78 is 22.9. The van der Waals surface area contributed by atoms with Gasteiger partial charge in [-0.15, -0.1) is 10.2 Å². The molecule has 0 aliphatic rings. The second-order valence-electron chi connectivity index (χ2n) is 5.37. The number of nitrogens with zero attached hydrogens (tertiary/aromatic N) is 4. The van der Waals surface area contributed by atoms with E-state index < -0.39 is 9.84 Å². The van der Waals surface area contributed by atoms with Crippen LogP contribution >= 0.6 is 0 Å². The van der Waals surface area contributed by atoms with Crippen LogP contribution in [0.1, 0.15) is 11.1 Å². The van der Waals surface area contributed by atoms with Crippen LogP contribution in [-0.4, -0.2) is 34.9 Å².